The highest BCUT2D eigenvalue weighted by Gasteiger charge is 2.08. The van der Waals surface area contributed by atoms with Crippen molar-refractivity contribution in [2.75, 3.05) is 0 Å². The maximum atomic E-state index is 9.41. The monoisotopic (exact) mass is 343 g/mol. The fourth-order valence-electron chi connectivity index (χ4n) is 2.66. The van der Waals surface area contributed by atoms with E-state index < -0.39 is 0 Å². The molecule has 0 aromatic heterocycles. The lowest BCUT2D eigenvalue weighted by Gasteiger charge is -2.13. The Labute approximate surface area is 154 Å². The third-order valence-electron chi connectivity index (χ3n) is 3.88. The van der Waals surface area contributed by atoms with Crippen LogP contribution in [0.1, 0.15) is 25.0 Å². The van der Waals surface area contributed by atoms with Gasteiger partial charge >= 0.3 is 0 Å². The van der Waals surface area contributed by atoms with Crippen molar-refractivity contribution in [3.8, 4) is 28.7 Å². The SMILES string of the molecule is CC(C)Oc1ccc(-c2cccc(OCc3ccccc3)c2)cc1C#N. The number of benzene rings is 3. The molecule has 26 heavy (non-hydrogen) atoms. The van der Waals surface area contributed by atoms with Gasteiger partial charge in [0.25, 0.3) is 0 Å². The van der Waals surface area contributed by atoms with Gasteiger partial charge in [0.05, 0.1) is 11.7 Å². The van der Waals surface area contributed by atoms with Gasteiger partial charge in [0, 0.05) is 0 Å². The molecular weight excluding hydrogens is 322 g/mol. The molecule has 0 saturated heterocycles. The molecular formula is C23H21NO2. The molecule has 130 valence electrons. The molecule has 0 radical (unpaired) electrons. The number of nitrogens with zero attached hydrogens (tertiary/aromatic N) is 1. The van der Waals surface area contributed by atoms with Crippen LogP contribution in [-0.4, -0.2) is 6.10 Å². The van der Waals surface area contributed by atoms with Gasteiger partial charge in [-0.15, -0.1) is 0 Å². The molecule has 0 amide bonds. The van der Waals surface area contributed by atoms with Gasteiger partial charge in [-0.1, -0.05) is 48.5 Å². The molecule has 3 heteroatoms. The van der Waals surface area contributed by atoms with E-state index in [4.69, 9.17) is 9.47 Å². The number of ether oxygens (including phenoxy) is 2. The van der Waals surface area contributed by atoms with Crippen molar-refractivity contribution in [2.24, 2.45) is 0 Å². The molecule has 3 nitrogen and oxygen atoms in total. The second kappa shape index (κ2) is 8.22. The normalized spacial score (nSPS) is 10.4. The number of hydrogen-bond acceptors (Lipinski definition) is 3. The van der Waals surface area contributed by atoms with Crippen molar-refractivity contribution in [3.05, 3.63) is 83.9 Å². The summed E-state index contributed by atoms with van der Waals surface area (Å²) in [6.45, 7) is 4.42. The summed E-state index contributed by atoms with van der Waals surface area (Å²) in [5.74, 6) is 1.41. The fourth-order valence-corrected chi connectivity index (χ4v) is 2.66. The Kier molecular flexibility index (Phi) is 5.56. The van der Waals surface area contributed by atoms with Crippen LogP contribution in [0.4, 0.5) is 0 Å². The van der Waals surface area contributed by atoms with Gasteiger partial charge in [-0.25, -0.2) is 0 Å². The van der Waals surface area contributed by atoms with Crippen LogP contribution < -0.4 is 9.47 Å². The van der Waals surface area contributed by atoms with Crippen LogP contribution in [0.2, 0.25) is 0 Å². The Hall–Kier alpha value is -3.25. The van der Waals surface area contributed by atoms with Crippen LogP contribution in [-0.2, 0) is 6.61 Å². The number of nitriles is 1. The average Bonchev–Trinajstić information content (AvgIpc) is 2.67. The molecule has 0 spiro atoms. The van der Waals surface area contributed by atoms with Crippen molar-refractivity contribution >= 4 is 0 Å². The van der Waals surface area contributed by atoms with E-state index in [0.717, 1.165) is 22.4 Å². The van der Waals surface area contributed by atoms with Crippen molar-refractivity contribution in [1.82, 2.24) is 0 Å². The van der Waals surface area contributed by atoms with Crippen molar-refractivity contribution in [1.29, 1.82) is 5.26 Å². The molecule has 0 aliphatic carbocycles. The lowest BCUT2D eigenvalue weighted by molar-refractivity contribution is 0.242. The molecule has 0 unspecified atom stereocenters. The lowest BCUT2D eigenvalue weighted by atomic mass is 10.0. The largest absolute Gasteiger partial charge is 0.490 e. The first-order chi connectivity index (χ1) is 12.7. The van der Waals surface area contributed by atoms with E-state index in [1.54, 1.807) is 0 Å². The van der Waals surface area contributed by atoms with E-state index in [2.05, 4.69) is 6.07 Å². The summed E-state index contributed by atoms with van der Waals surface area (Å²) in [6.07, 6.45) is 0.0302. The first-order valence-electron chi connectivity index (χ1n) is 8.63. The molecule has 0 aliphatic rings. The third-order valence-corrected chi connectivity index (χ3v) is 3.88. The standard InChI is InChI=1S/C23H21NO2/c1-17(2)26-23-12-11-20(13-21(23)15-24)19-9-6-10-22(14-19)25-16-18-7-4-3-5-8-18/h3-14,17H,16H2,1-2H3. The molecule has 0 bridgehead atoms. The molecule has 0 heterocycles. The highest BCUT2D eigenvalue weighted by Crippen LogP contribution is 2.29. The Balaban J connectivity index is 1.80. The topological polar surface area (TPSA) is 42.2 Å². The summed E-state index contributed by atoms with van der Waals surface area (Å²) in [6, 6.07) is 25.8. The average molecular weight is 343 g/mol. The number of rotatable bonds is 6. The zero-order chi connectivity index (χ0) is 18.4. The van der Waals surface area contributed by atoms with E-state index in [1.807, 2.05) is 86.6 Å². The van der Waals surface area contributed by atoms with Crippen LogP contribution >= 0.6 is 0 Å². The van der Waals surface area contributed by atoms with Crippen LogP contribution in [0.3, 0.4) is 0 Å². The Morgan fingerprint density at radius 2 is 1.65 bits per heavy atom. The predicted octanol–water partition coefficient (Wildman–Crippen LogP) is 5.59. The summed E-state index contributed by atoms with van der Waals surface area (Å²) in [7, 11) is 0. The van der Waals surface area contributed by atoms with E-state index in [9.17, 15) is 5.26 Å². The third kappa shape index (κ3) is 4.43. The van der Waals surface area contributed by atoms with Gasteiger partial charge in [-0.2, -0.15) is 5.26 Å². The quantitative estimate of drug-likeness (QED) is 0.586. The molecule has 0 fully saturated rings. The Bertz CT molecular complexity index is 911. The molecule has 3 rings (SSSR count). The van der Waals surface area contributed by atoms with Crippen LogP contribution in [0.15, 0.2) is 72.8 Å². The predicted molar refractivity (Wildman–Crippen MR) is 103 cm³/mol. The summed E-state index contributed by atoms with van der Waals surface area (Å²) >= 11 is 0. The van der Waals surface area contributed by atoms with Crippen LogP contribution in [0, 0.1) is 11.3 Å². The van der Waals surface area contributed by atoms with Gasteiger partial charge in [0.15, 0.2) is 0 Å². The summed E-state index contributed by atoms with van der Waals surface area (Å²) < 4.78 is 11.6. The Morgan fingerprint density at radius 3 is 2.38 bits per heavy atom. The molecule has 0 aliphatic heterocycles. The minimum atomic E-state index is 0.0302. The minimum absolute atomic E-state index is 0.0302. The lowest BCUT2D eigenvalue weighted by Crippen LogP contribution is -2.06. The van der Waals surface area contributed by atoms with Gasteiger partial charge in [-0.3, -0.25) is 0 Å². The first-order valence-corrected chi connectivity index (χ1v) is 8.63. The van der Waals surface area contributed by atoms with E-state index in [1.165, 1.54) is 0 Å². The smallest absolute Gasteiger partial charge is 0.137 e. The second-order valence-corrected chi connectivity index (χ2v) is 6.29. The zero-order valence-corrected chi connectivity index (χ0v) is 15.0. The van der Waals surface area contributed by atoms with Crippen molar-refractivity contribution < 1.29 is 9.47 Å². The number of hydrogen-bond donors (Lipinski definition) is 0. The van der Waals surface area contributed by atoms with E-state index in [-0.39, 0.29) is 6.10 Å². The maximum Gasteiger partial charge on any atom is 0.137 e. The van der Waals surface area contributed by atoms with Gasteiger partial charge < -0.3 is 9.47 Å². The summed E-state index contributed by atoms with van der Waals surface area (Å²) in [5, 5.41) is 9.41. The van der Waals surface area contributed by atoms with Gasteiger partial charge in [-0.05, 0) is 54.8 Å². The van der Waals surface area contributed by atoms with Crippen molar-refractivity contribution in [2.45, 2.75) is 26.6 Å². The van der Waals surface area contributed by atoms with Crippen LogP contribution in [0.25, 0.3) is 11.1 Å². The first kappa shape index (κ1) is 17.6. The minimum Gasteiger partial charge on any atom is -0.490 e. The maximum absolute atomic E-state index is 9.41. The highest BCUT2D eigenvalue weighted by atomic mass is 16.5. The van der Waals surface area contributed by atoms with E-state index >= 15 is 0 Å². The highest BCUT2D eigenvalue weighted by molar-refractivity contribution is 5.68. The second-order valence-electron chi connectivity index (χ2n) is 6.29. The van der Waals surface area contributed by atoms with Crippen molar-refractivity contribution in [3.63, 3.8) is 0 Å². The van der Waals surface area contributed by atoms with Gasteiger partial charge in [0.2, 0.25) is 0 Å². The molecule has 3 aromatic carbocycles. The molecule has 0 saturated carbocycles. The molecule has 0 atom stereocenters. The Morgan fingerprint density at radius 1 is 0.885 bits per heavy atom. The van der Waals surface area contributed by atoms with Crippen LogP contribution in [0.5, 0.6) is 11.5 Å². The van der Waals surface area contributed by atoms with E-state index in [0.29, 0.717) is 17.9 Å². The molecule has 0 N–H and O–H groups in total. The summed E-state index contributed by atoms with van der Waals surface area (Å²) in [4.78, 5) is 0. The zero-order valence-electron chi connectivity index (χ0n) is 15.0. The summed E-state index contributed by atoms with van der Waals surface area (Å²) in [5.41, 5.74) is 3.62. The fraction of sp³-hybridized carbons (Fsp3) is 0.174. The van der Waals surface area contributed by atoms with Gasteiger partial charge in [0.1, 0.15) is 24.2 Å². The molecule has 3 aromatic rings.